The SMILES string of the molecule is CCCC(C(=O)N1CCN(S(C)(=O)=O)CC1)c1ccc(Cl)c(Cl)c1.CCCC1(CCC)OC(=O)N(C)c2ccc(F)cc21. The molecule has 1 fully saturated rings. The Morgan fingerprint density at radius 2 is 1.60 bits per heavy atom. The third kappa shape index (κ3) is 8.41. The number of carbonyl (C=O) groups excluding carboxylic acids is 2. The van der Waals surface area contributed by atoms with Crippen molar-refractivity contribution in [2.24, 2.45) is 0 Å². The molecule has 0 aromatic heterocycles. The Bertz CT molecular complexity index is 1390. The van der Waals surface area contributed by atoms with E-state index >= 15 is 0 Å². The van der Waals surface area contributed by atoms with Gasteiger partial charge in [-0.2, -0.15) is 4.31 Å². The minimum Gasteiger partial charge on any atom is -0.438 e. The van der Waals surface area contributed by atoms with Gasteiger partial charge in [0.15, 0.2) is 0 Å². The number of amides is 2. The zero-order valence-electron chi connectivity index (χ0n) is 25.5. The second kappa shape index (κ2) is 15.1. The summed E-state index contributed by atoms with van der Waals surface area (Å²) in [5.74, 6) is -0.556. The number of ether oxygens (including phenoxy) is 1. The summed E-state index contributed by atoms with van der Waals surface area (Å²) in [4.78, 5) is 28.1. The van der Waals surface area contributed by atoms with Crippen molar-refractivity contribution in [1.82, 2.24) is 9.21 Å². The van der Waals surface area contributed by atoms with Gasteiger partial charge in [-0.3, -0.25) is 9.69 Å². The number of rotatable bonds is 9. The number of piperazine rings is 1. The lowest BCUT2D eigenvalue weighted by molar-refractivity contribution is -0.134. The molecule has 4 rings (SSSR count). The number of hydrogen-bond acceptors (Lipinski definition) is 5. The summed E-state index contributed by atoms with van der Waals surface area (Å²) in [5.41, 5.74) is 1.71. The van der Waals surface area contributed by atoms with Crippen molar-refractivity contribution in [3.05, 3.63) is 63.4 Å². The number of cyclic esters (lactones) is 1. The van der Waals surface area contributed by atoms with Crippen molar-refractivity contribution in [1.29, 1.82) is 0 Å². The predicted octanol–water partition coefficient (Wildman–Crippen LogP) is 7.19. The molecule has 0 bridgehead atoms. The topological polar surface area (TPSA) is 87.2 Å². The number of nitrogens with zero attached hydrogens (tertiary/aromatic N) is 3. The number of benzene rings is 2. The fourth-order valence-corrected chi connectivity index (χ4v) is 6.90. The quantitative estimate of drug-likeness (QED) is 0.285. The molecule has 0 N–H and O–H groups in total. The van der Waals surface area contributed by atoms with E-state index in [0.29, 0.717) is 42.6 Å². The van der Waals surface area contributed by atoms with Crippen LogP contribution in [-0.4, -0.2) is 69.1 Å². The first-order valence-electron chi connectivity index (χ1n) is 14.7. The van der Waals surface area contributed by atoms with Gasteiger partial charge in [-0.05, 0) is 55.2 Å². The molecule has 0 spiro atoms. The molecule has 12 heteroatoms. The highest BCUT2D eigenvalue weighted by Gasteiger charge is 2.43. The number of sulfonamides is 1. The van der Waals surface area contributed by atoms with Crippen LogP contribution >= 0.6 is 23.2 Å². The summed E-state index contributed by atoms with van der Waals surface area (Å²) < 4.78 is 43.8. The molecule has 2 heterocycles. The van der Waals surface area contributed by atoms with Gasteiger partial charge in [0, 0.05) is 38.8 Å². The van der Waals surface area contributed by atoms with Crippen LogP contribution in [-0.2, 0) is 25.2 Å². The van der Waals surface area contributed by atoms with E-state index in [2.05, 4.69) is 0 Å². The van der Waals surface area contributed by atoms with Gasteiger partial charge < -0.3 is 9.64 Å². The molecule has 1 unspecified atom stereocenters. The minimum absolute atomic E-state index is 0.0170. The van der Waals surface area contributed by atoms with Crippen LogP contribution in [0.5, 0.6) is 0 Å². The van der Waals surface area contributed by atoms with Gasteiger partial charge in [-0.25, -0.2) is 17.6 Å². The first kappa shape index (κ1) is 35.1. The standard InChI is InChI=1S/C16H22Cl2N2O3S.C15H20FNO2/c1-3-4-13(12-5-6-14(17)15(18)11-12)16(21)19-7-9-20(10-8-19)24(2,22)23;1-4-8-15(9-5-2)12-10-11(16)6-7-13(12)17(3)14(18)19-15/h5-6,11,13H,3-4,7-10H2,1-2H3;6-7,10H,4-5,8-9H2,1-3H3. The molecule has 2 aliphatic heterocycles. The average molecular weight is 659 g/mol. The molecule has 2 aliphatic rings. The van der Waals surface area contributed by atoms with Crippen LogP contribution < -0.4 is 4.90 Å². The Morgan fingerprint density at radius 3 is 2.14 bits per heavy atom. The monoisotopic (exact) mass is 657 g/mol. The van der Waals surface area contributed by atoms with E-state index in [-0.39, 0.29) is 23.7 Å². The van der Waals surface area contributed by atoms with Gasteiger partial charge in [0.25, 0.3) is 0 Å². The van der Waals surface area contributed by atoms with E-state index in [0.717, 1.165) is 48.9 Å². The van der Waals surface area contributed by atoms with Crippen molar-refractivity contribution < 1.29 is 27.1 Å². The Kier molecular flexibility index (Phi) is 12.3. The van der Waals surface area contributed by atoms with Crippen LogP contribution in [0.4, 0.5) is 14.9 Å². The highest BCUT2D eigenvalue weighted by Crippen LogP contribution is 2.44. The molecule has 43 heavy (non-hydrogen) atoms. The largest absolute Gasteiger partial charge is 0.438 e. The summed E-state index contributed by atoms with van der Waals surface area (Å²) >= 11 is 12.0. The highest BCUT2D eigenvalue weighted by atomic mass is 35.5. The molecule has 0 radical (unpaired) electrons. The molecular formula is C31H42Cl2FN3O5S. The number of carbonyl (C=O) groups is 2. The molecule has 1 atom stereocenters. The smallest absolute Gasteiger partial charge is 0.414 e. The minimum atomic E-state index is -3.20. The van der Waals surface area contributed by atoms with Gasteiger partial charge >= 0.3 is 6.09 Å². The lowest BCUT2D eigenvalue weighted by Crippen LogP contribution is -2.51. The maximum absolute atomic E-state index is 13.6. The first-order chi connectivity index (χ1) is 20.3. The van der Waals surface area contributed by atoms with Gasteiger partial charge in [-0.15, -0.1) is 0 Å². The number of anilines is 1. The molecular weight excluding hydrogens is 616 g/mol. The molecule has 1 saturated heterocycles. The Labute approximate surface area is 265 Å². The van der Waals surface area contributed by atoms with Gasteiger partial charge in [0.05, 0.1) is 27.9 Å². The summed E-state index contributed by atoms with van der Waals surface area (Å²) in [7, 11) is -1.55. The predicted molar refractivity (Wildman–Crippen MR) is 170 cm³/mol. The van der Waals surface area contributed by atoms with E-state index < -0.39 is 15.6 Å². The van der Waals surface area contributed by atoms with E-state index in [9.17, 15) is 22.4 Å². The van der Waals surface area contributed by atoms with Crippen molar-refractivity contribution in [2.75, 3.05) is 44.4 Å². The summed E-state index contributed by atoms with van der Waals surface area (Å²) in [6.45, 7) is 7.61. The Morgan fingerprint density at radius 1 is 0.977 bits per heavy atom. The average Bonchev–Trinajstić information content (AvgIpc) is 2.96. The molecule has 238 valence electrons. The molecule has 0 saturated carbocycles. The van der Waals surface area contributed by atoms with Crippen LogP contribution in [0.1, 0.15) is 76.3 Å². The summed E-state index contributed by atoms with van der Waals surface area (Å²) in [6, 6.07) is 9.83. The van der Waals surface area contributed by atoms with Crippen LogP contribution in [0.2, 0.25) is 10.0 Å². The van der Waals surface area contributed by atoms with Gasteiger partial charge in [-0.1, -0.05) is 69.3 Å². The number of fused-ring (bicyclic) bond motifs is 1. The molecule has 2 aromatic rings. The van der Waals surface area contributed by atoms with E-state index in [1.165, 1.54) is 27.6 Å². The van der Waals surface area contributed by atoms with Crippen molar-refractivity contribution in [3.63, 3.8) is 0 Å². The van der Waals surface area contributed by atoms with Gasteiger partial charge in [0.1, 0.15) is 11.4 Å². The van der Waals surface area contributed by atoms with E-state index in [1.54, 1.807) is 30.1 Å². The van der Waals surface area contributed by atoms with Crippen molar-refractivity contribution >= 4 is 50.9 Å². The Hall–Kier alpha value is -2.40. The fraction of sp³-hybridized carbons (Fsp3) is 0.548. The first-order valence-corrected chi connectivity index (χ1v) is 17.3. The van der Waals surface area contributed by atoms with E-state index in [1.807, 2.05) is 26.8 Å². The second-order valence-electron chi connectivity index (χ2n) is 11.1. The normalized spacial score (nSPS) is 17.4. The molecule has 2 amide bonds. The maximum Gasteiger partial charge on any atom is 0.414 e. The zero-order chi connectivity index (χ0) is 31.9. The van der Waals surface area contributed by atoms with Gasteiger partial charge in [0.2, 0.25) is 15.9 Å². The maximum atomic E-state index is 13.6. The lowest BCUT2D eigenvalue weighted by Gasteiger charge is -2.41. The third-order valence-electron chi connectivity index (χ3n) is 7.92. The lowest BCUT2D eigenvalue weighted by atomic mass is 9.83. The third-order valence-corrected chi connectivity index (χ3v) is 9.96. The zero-order valence-corrected chi connectivity index (χ0v) is 27.9. The Balaban J connectivity index is 0.000000242. The second-order valence-corrected chi connectivity index (χ2v) is 13.9. The van der Waals surface area contributed by atoms with Crippen molar-refractivity contribution in [2.45, 2.75) is 70.8 Å². The van der Waals surface area contributed by atoms with Crippen LogP contribution in [0.25, 0.3) is 0 Å². The number of hydrogen-bond donors (Lipinski definition) is 0. The molecule has 0 aliphatic carbocycles. The molecule has 8 nitrogen and oxygen atoms in total. The van der Waals surface area contributed by atoms with Crippen LogP contribution in [0.15, 0.2) is 36.4 Å². The molecule has 2 aromatic carbocycles. The highest BCUT2D eigenvalue weighted by molar-refractivity contribution is 7.88. The van der Waals surface area contributed by atoms with Crippen LogP contribution in [0.3, 0.4) is 0 Å². The van der Waals surface area contributed by atoms with E-state index in [4.69, 9.17) is 27.9 Å². The summed E-state index contributed by atoms with van der Waals surface area (Å²) in [6.07, 6.45) is 5.61. The van der Waals surface area contributed by atoms with Crippen LogP contribution in [0, 0.1) is 5.82 Å². The number of halogens is 3. The van der Waals surface area contributed by atoms with Crippen molar-refractivity contribution in [3.8, 4) is 0 Å². The summed E-state index contributed by atoms with van der Waals surface area (Å²) in [5, 5.41) is 0.898. The fourth-order valence-electron chi connectivity index (χ4n) is 5.77.